The molecule has 2 aromatic rings. The second-order valence-corrected chi connectivity index (χ2v) is 6.03. The van der Waals surface area contributed by atoms with Crippen LogP contribution in [0.1, 0.15) is 26.3 Å². The number of carbonyl (C=O) groups excluding carboxylic acids is 1. The number of aromatic amines is 1. The van der Waals surface area contributed by atoms with Crippen molar-refractivity contribution >= 4 is 6.29 Å². The molecule has 1 aliphatic heterocycles. The van der Waals surface area contributed by atoms with Gasteiger partial charge in [0.1, 0.15) is 12.4 Å². The molecule has 0 aliphatic carbocycles. The smallest absolute Gasteiger partial charge is 0.199 e. The van der Waals surface area contributed by atoms with Crippen LogP contribution >= 0.6 is 0 Å². The van der Waals surface area contributed by atoms with E-state index in [-0.39, 0.29) is 5.43 Å². The van der Waals surface area contributed by atoms with E-state index in [9.17, 15) is 9.59 Å². The van der Waals surface area contributed by atoms with Gasteiger partial charge in [-0.25, -0.2) is 0 Å². The molecule has 4 heteroatoms. The van der Waals surface area contributed by atoms with Crippen LogP contribution in [0, 0.1) is 0 Å². The van der Waals surface area contributed by atoms with E-state index in [4.69, 9.17) is 4.74 Å². The van der Waals surface area contributed by atoms with Gasteiger partial charge in [-0.05, 0) is 31.9 Å². The van der Waals surface area contributed by atoms with Gasteiger partial charge in [-0.3, -0.25) is 4.79 Å². The first-order chi connectivity index (χ1) is 11.0. The molecule has 23 heavy (non-hydrogen) atoms. The summed E-state index contributed by atoms with van der Waals surface area (Å²) in [5, 5.41) is 0. The van der Waals surface area contributed by atoms with Crippen LogP contribution in [-0.4, -0.2) is 17.4 Å². The van der Waals surface area contributed by atoms with Crippen LogP contribution in [0.4, 0.5) is 0 Å². The lowest BCUT2D eigenvalue weighted by molar-refractivity contribution is -0.113. The van der Waals surface area contributed by atoms with Crippen molar-refractivity contribution in [3.63, 3.8) is 0 Å². The Hall–Kier alpha value is -2.62. The summed E-state index contributed by atoms with van der Waals surface area (Å²) >= 11 is 0. The van der Waals surface area contributed by atoms with Gasteiger partial charge in [0.2, 0.25) is 0 Å². The van der Waals surface area contributed by atoms with Crippen molar-refractivity contribution in [1.29, 1.82) is 0 Å². The number of ether oxygens (including phenoxy) is 1. The Morgan fingerprint density at radius 3 is 2.61 bits per heavy atom. The highest BCUT2D eigenvalue weighted by atomic mass is 16.5. The molecule has 1 aromatic carbocycles. The number of hydrogen-bond donors (Lipinski definition) is 1. The molecule has 118 valence electrons. The van der Waals surface area contributed by atoms with E-state index in [0.717, 1.165) is 17.4 Å². The Kier molecular flexibility index (Phi) is 3.68. The van der Waals surface area contributed by atoms with Gasteiger partial charge in [0.15, 0.2) is 11.3 Å². The molecule has 0 unspecified atom stereocenters. The fraction of sp³-hybridized carbons (Fsp3) is 0.263. The summed E-state index contributed by atoms with van der Waals surface area (Å²) in [6, 6.07) is 9.41. The largest absolute Gasteiger partial charge is 0.469 e. The molecule has 1 N–H and O–H groups in total. The van der Waals surface area contributed by atoms with E-state index in [0.29, 0.717) is 17.0 Å². The molecule has 1 aromatic heterocycles. The molecule has 0 bridgehead atoms. The summed E-state index contributed by atoms with van der Waals surface area (Å²) in [6.45, 7) is 5.55. The van der Waals surface area contributed by atoms with E-state index in [2.05, 4.69) is 4.98 Å². The van der Waals surface area contributed by atoms with Gasteiger partial charge < -0.3 is 14.5 Å². The van der Waals surface area contributed by atoms with Gasteiger partial charge in [-0.2, -0.15) is 0 Å². The Labute approximate surface area is 134 Å². The summed E-state index contributed by atoms with van der Waals surface area (Å²) in [6.07, 6.45) is 3.91. The molecule has 3 rings (SSSR count). The molecule has 0 saturated heterocycles. The minimum absolute atomic E-state index is 0.161. The monoisotopic (exact) mass is 309 g/mol. The highest BCUT2D eigenvalue weighted by molar-refractivity contribution is 5.76. The number of rotatable bonds is 3. The number of H-pyrrole nitrogens is 1. The lowest BCUT2D eigenvalue weighted by atomic mass is 9.77. The number of hydrogen-bond acceptors (Lipinski definition) is 3. The fourth-order valence-electron chi connectivity index (χ4n) is 3.14. The lowest BCUT2D eigenvalue weighted by Gasteiger charge is -2.24. The molecule has 2 atom stereocenters. The highest BCUT2D eigenvalue weighted by Crippen LogP contribution is 2.41. The number of allylic oxidation sites excluding steroid dienone is 1. The second-order valence-electron chi connectivity index (χ2n) is 6.03. The number of pyridine rings is 1. The third kappa shape index (κ3) is 2.22. The van der Waals surface area contributed by atoms with Crippen LogP contribution in [0.15, 0.2) is 53.0 Å². The average Bonchev–Trinajstić information content (AvgIpc) is 2.89. The molecule has 4 nitrogen and oxygen atoms in total. The Balaban J connectivity index is 2.23. The van der Waals surface area contributed by atoms with Crippen molar-refractivity contribution < 1.29 is 9.53 Å². The number of aromatic nitrogens is 1. The third-order valence-electron chi connectivity index (χ3n) is 4.56. The number of fused-ring (bicyclic) bond motifs is 1. The van der Waals surface area contributed by atoms with E-state index < -0.39 is 11.5 Å². The summed E-state index contributed by atoms with van der Waals surface area (Å²) in [5.41, 5.74) is 1.52. The number of aldehydes is 1. The summed E-state index contributed by atoms with van der Waals surface area (Å²) < 4.78 is 5.88. The molecule has 0 fully saturated rings. The standard InChI is InChI=1S/C19H19NO3/c1-4-12(2)17-19(3,11-21)15-16(22)14(10-20-18(15)23-17)13-8-6-5-7-9-13/h4-11,17H,1-3H3,(H,20,22)/b12-4+/t17-,19-/m1/s1. The maximum absolute atomic E-state index is 13.0. The molecule has 0 saturated carbocycles. The maximum atomic E-state index is 13.0. The zero-order valence-corrected chi connectivity index (χ0v) is 13.4. The van der Waals surface area contributed by atoms with Crippen molar-refractivity contribution in [3.05, 3.63) is 64.0 Å². The molecule has 0 radical (unpaired) electrons. The molecular weight excluding hydrogens is 290 g/mol. The molecule has 0 amide bonds. The van der Waals surface area contributed by atoms with Crippen molar-refractivity contribution in [2.75, 3.05) is 0 Å². The predicted octanol–water partition coefficient (Wildman–Crippen LogP) is 3.23. The number of nitrogens with one attached hydrogen (secondary N) is 1. The average molecular weight is 309 g/mol. The molecular formula is C19H19NO3. The zero-order chi connectivity index (χ0) is 16.6. The normalized spacial score (nSPS) is 23.3. The van der Waals surface area contributed by atoms with Crippen molar-refractivity contribution in [3.8, 4) is 17.0 Å². The van der Waals surface area contributed by atoms with Crippen LogP contribution < -0.4 is 10.2 Å². The Morgan fingerprint density at radius 1 is 1.30 bits per heavy atom. The van der Waals surface area contributed by atoms with Crippen LogP contribution in [0.25, 0.3) is 11.1 Å². The minimum Gasteiger partial charge on any atom is -0.469 e. The lowest BCUT2D eigenvalue weighted by Crippen LogP contribution is -2.40. The van der Waals surface area contributed by atoms with Gasteiger partial charge in [-0.1, -0.05) is 36.4 Å². The number of benzene rings is 1. The molecule has 0 spiro atoms. The third-order valence-corrected chi connectivity index (χ3v) is 4.56. The van der Waals surface area contributed by atoms with Gasteiger partial charge in [0.25, 0.3) is 0 Å². The fourth-order valence-corrected chi connectivity index (χ4v) is 3.14. The first-order valence-corrected chi connectivity index (χ1v) is 7.60. The van der Waals surface area contributed by atoms with Crippen molar-refractivity contribution in [2.24, 2.45) is 0 Å². The van der Waals surface area contributed by atoms with Gasteiger partial charge in [0, 0.05) is 11.8 Å². The zero-order valence-electron chi connectivity index (χ0n) is 13.4. The Bertz CT molecular complexity index is 835. The quantitative estimate of drug-likeness (QED) is 0.699. The van der Waals surface area contributed by atoms with Crippen molar-refractivity contribution in [2.45, 2.75) is 32.3 Å². The second kappa shape index (κ2) is 5.54. The van der Waals surface area contributed by atoms with Crippen LogP contribution in [0.3, 0.4) is 0 Å². The summed E-state index contributed by atoms with van der Waals surface area (Å²) in [7, 11) is 0. The summed E-state index contributed by atoms with van der Waals surface area (Å²) in [4.78, 5) is 27.9. The SMILES string of the molecule is C/C=C(\C)[C@H]1Oc2[nH]cc(-c3ccccc3)c(=O)c2[C@@]1(C)C=O. The minimum atomic E-state index is -0.996. The maximum Gasteiger partial charge on any atom is 0.199 e. The van der Waals surface area contributed by atoms with Gasteiger partial charge in [0.05, 0.1) is 11.0 Å². The highest BCUT2D eigenvalue weighted by Gasteiger charge is 2.49. The van der Waals surface area contributed by atoms with Gasteiger partial charge >= 0.3 is 0 Å². The van der Waals surface area contributed by atoms with Crippen LogP contribution in [-0.2, 0) is 10.2 Å². The first-order valence-electron chi connectivity index (χ1n) is 7.60. The van der Waals surface area contributed by atoms with E-state index in [1.165, 1.54) is 0 Å². The first kappa shape index (κ1) is 15.3. The van der Waals surface area contributed by atoms with E-state index in [1.807, 2.05) is 50.3 Å². The van der Waals surface area contributed by atoms with E-state index >= 15 is 0 Å². The molecule has 1 aliphatic rings. The summed E-state index contributed by atoms with van der Waals surface area (Å²) in [5.74, 6) is 0.385. The Morgan fingerprint density at radius 2 is 2.00 bits per heavy atom. The van der Waals surface area contributed by atoms with Crippen molar-refractivity contribution in [1.82, 2.24) is 4.98 Å². The van der Waals surface area contributed by atoms with Crippen LogP contribution in [0.2, 0.25) is 0 Å². The van der Waals surface area contributed by atoms with E-state index in [1.54, 1.807) is 13.1 Å². The van der Waals surface area contributed by atoms with Gasteiger partial charge in [-0.15, -0.1) is 0 Å². The number of carbonyl (C=O) groups is 1. The van der Waals surface area contributed by atoms with Crippen LogP contribution in [0.5, 0.6) is 5.88 Å². The predicted molar refractivity (Wildman–Crippen MR) is 89.8 cm³/mol. The molecule has 2 heterocycles. The topological polar surface area (TPSA) is 59.2 Å².